The zero-order chi connectivity index (χ0) is 14.8. The van der Waals surface area contributed by atoms with Gasteiger partial charge in [-0.2, -0.15) is 0 Å². The summed E-state index contributed by atoms with van der Waals surface area (Å²) in [6.07, 6.45) is 3.32. The highest BCUT2D eigenvalue weighted by atomic mass is 32.2. The van der Waals surface area contributed by atoms with Crippen LogP contribution in [0.2, 0.25) is 0 Å². The summed E-state index contributed by atoms with van der Waals surface area (Å²) in [6.45, 7) is 10.6. The molecule has 2 rings (SSSR count). The van der Waals surface area contributed by atoms with Crippen molar-refractivity contribution in [2.45, 2.75) is 46.1 Å². The fraction of sp³-hybridized carbons (Fsp3) is 1.00. The average Bonchev–Trinajstić information content (AvgIpc) is 2.53. The molecule has 5 heteroatoms. The Balaban J connectivity index is 1.95. The predicted molar refractivity (Wildman–Crippen MR) is 83.7 cm³/mol. The maximum atomic E-state index is 11.7. The molecule has 2 atom stereocenters. The van der Waals surface area contributed by atoms with Gasteiger partial charge in [-0.25, -0.2) is 8.42 Å². The smallest absolute Gasteiger partial charge is 0.151 e. The molecule has 0 spiro atoms. The minimum atomic E-state index is -2.79. The Hall–Kier alpha value is -0.130. The first-order chi connectivity index (χ1) is 9.34. The maximum absolute atomic E-state index is 11.7. The Labute approximate surface area is 124 Å². The fourth-order valence-electron chi connectivity index (χ4n) is 3.88. The molecular weight excluding hydrogens is 272 g/mol. The van der Waals surface area contributed by atoms with Crippen LogP contribution in [0.25, 0.3) is 0 Å². The summed E-state index contributed by atoms with van der Waals surface area (Å²) in [5.41, 5.74) is 0.360. The molecule has 1 N–H and O–H groups in total. The van der Waals surface area contributed by atoms with Gasteiger partial charge >= 0.3 is 0 Å². The Kier molecular flexibility index (Phi) is 5.14. The van der Waals surface area contributed by atoms with Crippen molar-refractivity contribution in [3.8, 4) is 0 Å². The van der Waals surface area contributed by atoms with Gasteiger partial charge in [0.2, 0.25) is 0 Å². The number of hydrogen-bond acceptors (Lipinski definition) is 4. The molecule has 2 aliphatic rings. The van der Waals surface area contributed by atoms with Gasteiger partial charge in [-0.05, 0) is 43.7 Å². The number of hydrogen-bond donors (Lipinski definition) is 1. The first-order valence-electron chi connectivity index (χ1n) is 8.00. The van der Waals surface area contributed by atoms with Crippen molar-refractivity contribution in [3.63, 3.8) is 0 Å². The zero-order valence-electron chi connectivity index (χ0n) is 13.2. The fourth-order valence-corrected chi connectivity index (χ4v) is 5.19. The van der Waals surface area contributed by atoms with E-state index in [0.717, 1.165) is 32.6 Å². The van der Waals surface area contributed by atoms with Gasteiger partial charge in [0.1, 0.15) is 0 Å². The number of rotatable bonds is 4. The van der Waals surface area contributed by atoms with E-state index >= 15 is 0 Å². The van der Waals surface area contributed by atoms with Gasteiger partial charge in [0.15, 0.2) is 9.84 Å². The summed E-state index contributed by atoms with van der Waals surface area (Å²) >= 11 is 0. The Morgan fingerprint density at radius 1 is 1.25 bits per heavy atom. The van der Waals surface area contributed by atoms with Crippen LogP contribution in [-0.4, -0.2) is 57.0 Å². The second-order valence-corrected chi connectivity index (χ2v) is 9.43. The molecule has 0 amide bonds. The monoisotopic (exact) mass is 302 g/mol. The number of nitrogens with one attached hydrogen (secondary N) is 1. The topological polar surface area (TPSA) is 49.4 Å². The SMILES string of the molecule is CCNC1C(CN2CCCS(=O)(=O)CC2)CCC1(C)C. The molecule has 1 aliphatic carbocycles. The van der Waals surface area contributed by atoms with Crippen LogP contribution in [-0.2, 0) is 9.84 Å². The molecule has 2 fully saturated rings. The van der Waals surface area contributed by atoms with Crippen molar-refractivity contribution in [3.05, 3.63) is 0 Å². The average molecular weight is 302 g/mol. The van der Waals surface area contributed by atoms with Crippen LogP contribution in [0.3, 0.4) is 0 Å². The first kappa shape index (κ1) is 16.2. The van der Waals surface area contributed by atoms with Crippen LogP contribution in [0.1, 0.15) is 40.0 Å². The van der Waals surface area contributed by atoms with Gasteiger partial charge in [-0.3, -0.25) is 0 Å². The van der Waals surface area contributed by atoms with Crippen LogP contribution in [0.15, 0.2) is 0 Å². The quantitative estimate of drug-likeness (QED) is 0.855. The van der Waals surface area contributed by atoms with E-state index in [1.165, 1.54) is 12.8 Å². The van der Waals surface area contributed by atoms with E-state index in [-0.39, 0.29) is 0 Å². The molecular formula is C15H30N2O2S. The summed E-state index contributed by atoms with van der Waals surface area (Å²) in [4.78, 5) is 2.38. The van der Waals surface area contributed by atoms with Gasteiger partial charge in [-0.15, -0.1) is 0 Å². The highest BCUT2D eigenvalue weighted by Gasteiger charge is 2.41. The lowest BCUT2D eigenvalue weighted by Crippen LogP contribution is -2.46. The Morgan fingerprint density at radius 2 is 2.00 bits per heavy atom. The van der Waals surface area contributed by atoms with Crippen LogP contribution < -0.4 is 5.32 Å². The normalized spacial score (nSPS) is 34.0. The summed E-state index contributed by atoms with van der Waals surface area (Å²) < 4.78 is 23.4. The molecule has 1 heterocycles. The van der Waals surface area contributed by atoms with Crippen molar-refractivity contribution in [1.29, 1.82) is 0 Å². The third-order valence-electron chi connectivity index (χ3n) is 5.04. The summed E-state index contributed by atoms with van der Waals surface area (Å²) in [7, 11) is -2.79. The molecule has 1 aliphatic heterocycles. The van der Waals surface area contributed by atoms with E-state index in [2.05, 4.69) is 31.0 Å². The van der Waals surface area contributed by atoms with Gasteiger partial charge in [0.05, 0.1) is 11.5 Å². The van der Waals surface area contributed by atoms with Gasteiger partial charge in [0, 0.05) is 19.1 Å². The molecule has 2 unspecified atom stereocenters. The van der Waals surface area contributed by atoms with E-state index < -0.39 is 9.84 Å². The highest BCUT2D eigenvalue weighted by Crippen LogP contribution is 2.41. The first-order valence-corrected chi connectivity index (χ1v) is 9.82. The van der Waals surface area contributed by atoms with Gasteiger partial charge in [-0.1, -0.05) is 20.8 Å². The molecule has 20 heavy (non-hydrogen) atoms. The standard InChI is InChI=1S/C15H30N2O2S/c1-4-16-14-13(6-7-15(14,2)3)12-17-8-5-10-20(18,19)11-9-17/h13-14,16H,4-12H2,1-3H3. The van der Waals surface area contributed by atoms with Crippen molar-refractivity contribution in [2.24, 2.45) is 11.3 Å². The molecule has 1 saturated carbocycles. The highest BCUT2D eigenvalue weighted by molar-refractivity contribution is 7.91. The van der Waals surface area contributed by atoms with Gasteiger partial charge < -0.3 is 10.2 Å². The maximum Gasteiger partial charge on any atom is 0.151 e. The Bertz CT molecular complexity index is 420. The van der Waals surface area contributed by atoms with Crippen molar-refractivity contribution in [2.75, 3.05) is 37.7 Å². The second kappa shape index (κ2) is 6.32. The molecule has 0 bridgehead atoms. The van der Waals surface area contributed by atoms with Crippen LogP contribution >= 0.6 is 0 Å². The van der Waals surface area contributed by atoms with Crippen LogP contribution in [0.5, 0.6) is 0 Å². The van der Waals surface area contributed by atoms with E-state index in [0.29, 0.717) is 28.9 Å². The largest absolute Gasteiger partial charge is 0.313 e. The summed E-state index contributed by atoms with van der Waals surface area (Å²) in [6, 6.07) is 0.562. The molecule has 4 nitrogen and oxygen atoms in total. The lowest BCUT2D eigenvalue weighted by molar-refractivity contribution is 0.192. The van der Waals surface area contributed by atoms with E-state index in [4.69, 9.17) is 0 Å². The lowest BCUT2D eigenvalue weighted by Gasteiger charge is -2.34. The summed E-state index contributed by atoms with van der Waals surface area (Å²) in [5, 5.41) is 3.66. The van der Waals surface area contributed by atoms with Crippen LogP contribution in [0.4, 0.5) is 0 Å². The minimum absolute atomic E-state index is 0.342. The number of nitrogens with zero attached hydrogens (tertiary/aromatic N) is 1. The van der Waals surface area contributed by atoms with Crippen LogP contribution in [0, 0.1) is 11.3 Å². The molecule has 0 aromatic rings. The van der Waals surface area contributed by atoms with E-state index in [1.807, 2.05) is 0 Å². The lowest BCUT2D eigenvalue weighted by atomic mass is 9.84. The molecule has 1 saturated heterocycles. The molecule has 0 radical (unpaired) electrons. The minimum Gasteiger partial charge on any atom is -0.313 e. The van der Waals surface area contributed by atoms with Crippen molar-refractivity contribution >= 4 is 9.84 Å². The Morgan fingerprint density at radius 3 is 2.70 bits per heavy atom. The number of sulfone groups is 1. The molecule has 0 aromatic carbocycles. The summed E-state index contributed by atoms with van der Waals surface area (Å²) in [5.74, 6) is 1.37. The van der Waals surface area contributed by atoms with Crippen molar-refractivity contribution < 1.29 is 8.42 Å². The third kappa shape index (κ3) is 3.95. The second-order valence-electron chi connectivity index (χ2n) is 7.13. The predicted octanol–water partition coefficient (Wildman–Crippen LogP) is 1.52. The zero-order valence-corrected chi connectivity index (χ0v) is 14.0. The van der Waals surface area contributed by atoms with E-state index in [9.17, 15) is 8.42 Å². The molecule has 0 aromatic heterocycles. The van der Waals surface area contributed by atoms with Gasteiger partial charge in [0.25, 0.3) is 0 Å². The molecule has 118 valence electrons. The van der Waals surface area contributed by atoms with E-state index in [1.54, 1.807) is 0 Å². The third-order valence-corrected chi connectivity index (χ3v) is 6.75. The van der Waals surface area contributed by atoms with Crippen molar-refractivity contribution in [1.82, 2.24) is 10.2 Å².